The Morgan fingerprint density at radius 3 is 2.33 bits per heavy atom. The Kier molecular flexibility index (Phi) is 8.18. The highest BCUT2D eigenvalue weighted by Crippen LogP contribution is 2.20. The van der Waals surface area contributed by atoms with Gasteiger partial charge in [0.1, 0.15) is 0 Å². The number of carbonyl (C=O) groups excluding carboxylic acids is 1. The van der Waals surface area contributed by atoms with Crippen LogP contribution in [0.2, 0.25) is 0 Å². The summed E-state index contributed by atoms with van der Waals surface area (Å²) >= 11 is 0. The normalized spacial score (nSPS) is 11.8. The van der Waals surface area contributed by atoms with Gasteiger partial charge in [0.05, 0.1) is 12.2 Å². The van der Waals surface area contributed by atoms with E-state index in [1.54, 1.807) is 18.3 Å². The quantitative estimate of drug-likeness (QED) is 0.644. The molecule has 0 aliphatic rings. The van der Waals surface area contributed by atoms with E-state index in [2.05, 4.69) is 9.88 Å². The van der Waals surface area contributed by atoms with Gasteiger partial charge in [-0.1, -0.05) is 13.8 Å². The molecule has 0 fully saturated rings. The maximum atomic E-state index is 12.8. The average Bonchev–Trinajstić information content (AvgIpc) is 2.52. The standard InChI is InChI=1S/C17H26F3N3O/c1-4-22(5-2)10-6-7-11-23(16(24)17(18,19)20)13-15-12-14(3)8-9-21-15/h8-9,12H,4-7,10-11,13H2,1-3H3. The van der Waals surface area contributed by atoms with Gasteiger partial charge in [-0.3, -0.25) is 9.78 Å². The van der Waals surface area contributed by atoms with Gasteiger partial charge < -0.3 is 9.80 Å². The third kappa shape index (κ3) is 6.86. The van der Waals surface area contributed by atoms with Crippen LogP contribution in [0.15, 0.2) is 18.3 Å². The number of nitrogens with zero attached hydrogens (tertiary/aromatic N) is 3. The summed E-state index contributed by atoms with van der Waals surface area (Å²) in [5.41, 5.74) is 1.37. The Bertz CT molecular complexity index is 516. The zero-order chi connectivity index (χ0) is 18.2. The van der Waals surface area contributed by atoms with Crippen LogP contribution in [0.25, 0.3) is 0 Å². The van der Waals surface area contributed by atoms with Crippen molar-refractivity contribution >= 4 is 5.91 Å². The topological polar surface area (TPSA) is 36.4 Å². The number of pyridine rings is 1. The van der Waals surface area contributed by atoms with E-state index in [0.717, 1.165) is 36.5 Å². The first-order valence-corrected chi connectivity index (χ1v) is 8.27. The number of unbranched alkanes of at least 4 members (excludes halogenated alkanes) is 1. The molecule has 24 heavy (non-hydrogen) atoms. The molecule has 0 N–H and O–H groups in total. The highest BCUT2D eigenvalue weighted by Gasteiger charge is 2.42. The largest absolute Gasteiger partial charge is 0.471 e. The van der Waals surface area contributed by atoms with Gasteiger partial charge in [0.2, 0.25) is 0 Å². The Morgan fingerprint density at radius 2 is 1.79 bits per heavy atom. The van der Waals surface area contributed by atoms with Gasteiger partial charge in [-0.15, -0.1) is 0 Å². The predicted molar refractivity (Wildman–Crippen MR) is 87.5 cm³/mol. The van der Waals surface area contributed by atoms with Crippen LogP contribution in [0.3, 0.4) is 0 Å². The van der Waals surface area contributed by atoms with Crippen molar-refractivity contribution in [2.45, 2.75) is 46.3 Å². The number of alkyl halides is 3. The number of hydrogen-bond acceptors (Lipinski definition) is 3. The molecule has 0 spiro atoms. The first kappa shape index (κ1) is 20.4. The van der Waals surface area contributed by atoms with Crippen molar-refractivity contribution in [2.75, 3.05) is 26.2 Å². The van der Waals surface area contributed by atoms with Crippen molar-refractivity contribution in [2.24, 2.45) is 0 Å². The van der Waals surface area contributed by atoms with Crippen LogP contribution >= 0.6 is 0 Å². The molecule has 0 radical (unpaired) electrons. The third-order valence-corrected chi connectivity index (χ3v) is 3.90. The second-order valence-electron chi connectivity index (χ2n) is 5.78. The number of carbonyl (C=O) groups is 1. The van der Waals surface area contributed by atoms with Crippen molar-refractivity contribution < 1.29 is 18.0 Å². The lowest BCUT2D eigenvalue weighted by Gasteiger charge is -2.24. The number of aromatic nitrogens is 1. The highest BCUT2D eigenvalue weighted by molar-refractivity contribution is 5.81. The predicted octanol–water partition coefficient (Wildman–Crippen LogP) is 3.40. The van der Waals surface area contributed by atoms with E-state index in [1.165, 1.54) is 0 Å². The van der Waals surface area contributed by atoms with Gasteiger partial charge in [0.15, 0.2) is 0 Å². The summed E-state index contributed by atoms with van der Waals surface area (Å²) in [6.45, 7) is 8.54. The van der Waals surface area contributed by atoms with E-state index in [0.29, 0.717) is 12.1 Å². The summed E-state index contributed by atoms with van der Waals surface area (Å²) in [4.78, 5) is 18.8. The molecular weight excluding hydrogens is 319 g/mol. The van der Waals surface area contributed by atoms with Crippen molar-refractivity contribution in [1.29, 1.82) is 0 Å². The van der Waals surface area contributed by atoms with Crippen molar-refractivity contribution in [1.82, 2.24) is 14.8 Å². The number of halogens is 3. The van der Waals surface area contributed by atoms with E-state index in [9.17, 15) is 18.0 Å². The number of hydrogen-bond donors (Lipinski definition) is 0. The Balaban J connectivity index is 2.67. The molecule has 1 aromatic heterocycles. The first-order chi connectivity index (χ1) is 11.3. The van der Waals surface area contributed by atoms with E-state index >= 15 is 0 Å². The molecule has 0 bridgehead atoms. The Labute approximate surface area is 141 Å². The van der Waals surface area contributed by atoms with Crippen molar-refractivity contribution in [3.63, 3.8) is 0 Å². The van der Waals surface area contributed by atoms with Crippen LogP contribution < -0.4 is 0 Å². The SMILES string of the molecule is CCN(CC)CCCCN(Cc1cc(C)ccn1)C(=O)C(F)(F)F. The fourth-order valence-electron chi connectivity index (χ4n) is 2.49. The van der Waals surface area contributed by atoms with E-state index in [-0.39, 0.29) is 13.1 Å². The molecular formula is C17H26F3N3O. The summed E-state index contributed by atoms with van der Waals surface area (Å²) in [5.74, 6) is -1.80. The van der Waals surface area contributed by atoms with Crippen LogP contribution in [-0.2, 0) is 11.3 Å². The smallest absolute Gasteiger partial charge is 0.329 e. The molecule has 0 unspecified atom stereocenters. The molecule has 0 aromatic carbocycles. The number of amides is 1. The van der Waals surface area contributed by atoms with Gasteiger partial charge in [0.25, 0.3) is 0 Å². The van der Waals surface area contributed by atoms with Crippen LogP contribution in [0.4, 0.5) is 13.2 Å². The van der Waals surface area contributed by atoms with Gasteiger partial charge in [-0.25, -0.2) is 0 Å². The fourth-order valence-corrected chi connectivity index (χ4v) is 2.49. The summed E-state index contributed by atoms with van der Waals surface area (Å²) in [5, 5.41) is 0. The maximum absolute atomic E-state index is 12.8. The summed E-state index contributed by atoms with van der Waals surface area (Å²) in [6, 6.07) is 3.47. The lowest BCUT2D eigenvalue weighted by molar-refractivity contribution is -0.186. The molecule has 0 aliphatic carbocycles. The Hall–Kier alpha value is -1.63. The monoisotopic (exact) mass is 345 g/mol. The van der Waals surface area contributed by atoms with Gasteiger partial charge in [-0.2, -0.15) is 13.2 Å². The van der Waals surface area contributed by atoms with Crippen molar-refractivity contribution in [3.8, 4) is 0 Å². The molecule has 0 aliphatic heterocycles. The Morgan fingerprint density at radius 1 is 1.17 bits per heavy atom. The minimum Gasteiger partial charge on any atom is -0.329 e. The zero-order valence-electron chi connectivity index (χ0n) is 14.6. The van der Waals surface area contributed by atoms with E-state index < -0.39 is 12.1 Å². The minimum atomic E-state index is -4.86. The molecule has 1 rings (SSSR count). The molecule has 1 aromatic rings. The van der Waals surface area contributed by atoms with Gasteiger partial charge >= 0.3 is 12.1 Å². The summed E-state index contributed by atoms with van der Waals surface area (Å²) in [6.07, 6.45) is -2.03. The molecule has 136 valence electrons. The molecule has 4 nitrogen and oxygen atoms in total. The lowest BCUT2D eigenvalue weighted by atomic mass is 10.2. The lowest BCUT2D eigenvalue weighted by Crippen LogP contribution is -2.41. The number of rotatable bonds is 9. The van der Waals surface area contributed by atoms with E-state index in [4.69, 9.17) is 0 Å². The van der Waals surface area contributed by atoms with Gasteiger partial charge in [0, 0.05) is 12.7 Å². The molecule has 7 heteroatoms. The second kappa shape index (κ2) is 9.61. The minimum absolute atomic E-state index is 0.0786. The summed E-state index contributed by atoms with van der Waals surface area (Å²) in [7, 11) is 0. The number of aryl methyl sites for hydroxylation is 1. The average molecular weight is 345 g/mol. The van der Waals surface area contributed by atoms with Crippen LogP contribution in [0.1, 0.15) is 37.9 Å². The van der Waals surface area contributed by atoms with Crippen LogP contribution in [0, 0.1) is 6.92 Å². The maximum Gasteiger partial charge on any atom is 0.471 e. The summed E-state index contributed by atoms with van der Waals surface area (Å²) < 4.78 is 38.4. The van der Waals surface area contributed by atoms with Crippen LogP contribution in [0.5, 0.6) is 0 Å². The van der Waals surface area contributed by atoms with Gasteiger partial charge in [-0.05, 0) is 57.1 Å². The molecule has 1 heterocycles. The zero-order valence-corrected chi connectivity index (χ0v) is 14.6. The molecule has 0 saturated heterocycles. The van der Waals surface area contributed by atoms with E-state index in [1.807, 2.05) is 20.8 Å². The van der Waals surface area contributed by atoms with Crippen molar-refractivity contribution in [3.05, 3.63) is 29.6 Å². The van der Waals surface area contributed by atoms with Crippen LogP contribution in [-0.4, -0.2) is 53.0 Å². The third-order valence-electron chi connectivity index (χ3n) is 3.90. The molecule has 0 atom stereocenters. The fraction of sp³-hybridized carbons (Fsp3) is 0.647. The second-order valence-corrected chi connectivity index (χ2v) is 5.78. The molecule has 0 saturated carbocycles. The highest BCUT2D eigenvalue weighted by atomic mass is 19.4. The first-order valence-electron chi connectivity index (χ1n) is 8.27. The molecule has 1 amide bonds.